The molecule has 1 unspecified atom stereocenters. The predicted molar refractivity (Wildman–Crippen MR) is 49.2 cm³/mol. The van der Waals surface area contributed by atoms with Crippen molar-refractivity contribution >= 4 is 29.2 Å². The largest absolute Gasteiger partial charge is 0.445 e. The van der Waals surface area contributed by atoms with Crippen molar-refractivity contribution in [1.29, 1.82) is 0 Å². The highest BCUT2D eigenvalue weighted by molar-refractivity contribution is 7.12. The fourth-order valence-electron chi connectivity index (χ4n) is 1.29. The van der Waals surface area contributed by atoms with E-state index in [2.05, 4.69) is 4.74 Å². The van der Waals surface area contributed by atoms with E-state index in [0.29, 0.717) is 10.4 Å². The Balaban J connectivity index is 2.41. The SMILES string of the molecule is CC(=O)OC1C(=O)OC(=O)c2sccc21. The van der Waals surface area contributed by atoms with Gasteiger partial charge in [-0.3, -0.25) is 4.79 Å². The second-order valence-electron chi connectivity index (χ2n) is 2.90. The van der Waals surface area contributed by atoms with Gasteiger partial charge in [-0.05, 0) is 11.4 Å². The molecule has 0 saturated carbocycles. The van der Waals surface area contributed by atoms with E-state index in [1.165, 1.54) is 6.92 Å². The van der Waals surface area contributed by atoms with Crippen molar-refractivity contribution < 1.29 is 23.9 Å². The van der Waals surface area contributed by atoms with E-state index >= 15 is 0 Å². The van der Waals surface area contributed by atoms with Crippen molar-refractivity contribution in [1.82, 2.24) is 0 Å². The van der Waals surface area contributed by atoms with Crippen molar-refractivity contribution in [3.8, 4) is 0 Å². The molecular weight excluding hydrogens is 220 g/mol. The van der Waals surface area contributed by atoms with E-state index in [1.807, 2.05) is 0 Å². The first kappa shape index (κ1) is 9.85. The van der Waals surface area contributed by atoms with Gasteiger partial charge >= 0.3 is 17.9 Å². The van der Waals surface area contributed by atoms with Crippen LogP contribution in [0.25, 0.3) is 0 Å². The Kier molecular flexibility index (Phi) is 2.28. The summed E-state index contributed by atoms with van der Waals surface area (Å²) in [7, 11) is 0. The Morgan fingerprint density at radius 1 is 1.53 bits per heavy atom. The normalized spacial score (nSPS) is 19.4. The Morgan fingerprint density at radius 2 is 2.27 bits per heavy atom. The molecule has 0 bridgehead atoms. The van der Waals surface area contributed by atoms with Gasteiger partial charge in [-0.15, -0.1) is 11.3 Å². The monoisotopic (exact) mass is 226 g/mol. The molecule has 2 heterocycles. The van der Waals surface area contributed by atoms with Gasteiger partial charge < -0.3 is 9.47 Å². The van der Waals surface area contributed by atoms with Crippen molar-refractivity contribution in [3.63, 3.8) is 0 Å². The van der Waals surface area contributed by atoms with Crippen molar-refractivity contribution in [3.05, 3.63) is 21.9 Å². The molecular formula is C9H6O5S. The lowest BCUT2D eigenvalue weighted by molar-refractivity contribution is -0.164. The molecule has 0 spiro atoms. The molecule has 1 aliphatic rings. The first-order chi connectivity index (χ1) is 7.09. The molecule has 0 aliphatic carbocycles. The molecule has 1 atom stereocenters. The number of hydrogen-bond donors (Lipinski definition) is 0. The van der Waals surface area contributed by atoms with E-state index in [-0.39, 0.29) is 0 Å². The first-order valence-corrected chi connectivity index (χ1v) is 4.98. The predicted octanol–water partition coefficient (Wildman–Crippen LogP) is 1.05. The molecule has 0 amide bonds. The van der Waals surface area contributed by atoms with Crippen LogP contribution < -0.4 is 0 Å². The van der Waals surface area contributed by atoms with Crippen molar-refractivity contribution in [2.75, 3.05) is 0 Å². The number of cyclic esters (lactones) is 2. The van der Waals surface area contributed by atoms with Gasteiger partial charge in [0.15, 0.2) is 0 Å². The van der Waals surface area contributed by atoms with Crippen molar-refractivity contribution in [2.45, 2.75) is 13.0 Å². The quantitative estimate of drug-likeness (QED) is 0.528. The summed E-state index contributed by atoms with van der Waals surface area (Å²) in [5.41, 5.74) is 0.399. The van der Waals surface area contributed by atoms with Crippen LogP contribution in [0.15, 0.2) is 11.4 Å². The summed E-state index contributed by atoms with van der Waals surface area (Å²) in [6, 6.07) is 1.58. The number of thiophene rings is 1. The van der Waals surface area contributed by atoms with Crippen LogP contribution in [-0.4, -0.2) is 17.9 Å². The summed E-state index contributed by atoms with van der Waals surface area (Å²) in [6.07, 6.45) is -1.11. The van der Waals surface area contributed by atoms with Gasteiger partial charge in [-0.1, -0.05) is 0 Å². The third-order valence-corrected chi connectivity index (χ3v) is 2.76. The zero-order valence-electron chi connectivity index (χ0n) is 7.68. The molecule has 15 heavy (non-hydrogen) atoms. The molecule has 5 nitrogen and oxygen atoms in total. The third-order valence-electron chi connectivity index (χ3n) is 1.85. The highest BCUT2D eigenvalue weighted by atomic mass is 32.1. The summed E-state index contributed by atoms with van der Waals surface area (Å²) < 4.78 is 9.22. The highest BCUT2D eigenvalue weighted by Crippen LogP contribution is 2.32. The molecule has 0 radical (unpaired) electrons. The first-order valence-electron chi connectivity index (χ1n) is 4.10. The van der Waals surface area contributed by atoms with Gasteiger partial charge in [0.2, 0.25) is 6.10 Å². The van der Waals surface area contributed by atoms with Gasteiger partial charge in [0.1, 0.15) is 4.88 Å². The number of carbonyl (C=O) groups excluding carboxylic acids is 3. The van der Waals surface area contributed by atoms with Crippen LogP contribution in [0.2, 0.25) is 0 Å². The minimum absolute atomic E-state index is 0.306. The lowest BCUT2D eigenvalue weighted by Gasteiger charge is -2.19. The average molecular weight is 226 g/mol. The zero-order chi connectivity index (χ0) is 11.0. The number of carbonyl (C=O) groups is 3. The Morgan fingerprint density at radius 3 is 2.93 bits per heavy atom. The molecule has 78 valence electrons. The fourth-order valence-corrected chi connectivity index (χ4v) is 2.09. The summed E-state index contributed by atoms with van der Waals surface area (Å²) in [6.45, 7) is 1.19. The van der Waals surface area contributed by atoms with E-state index in [4.69, 9.17) is 4.74 Å². The Hall–Kier alpha value is -1.69. The number of ether oxygens (including phenoxy) is 2. The Bertz CT molecular complexity index is 447. The molecule has 1 aromatic rings. The second kappa shape index (κ2) is 3.47. The number of esters is 3. The molecule has 0 fully saturated rings. The standard InChI is InChI=1S/C9H6O5S/c1-4(10)13-6-5-2-3-15-7(5)9(12)14-8(6)11/h2-3,6H,1H3. The maximum absolute atomic E-state index is 11.3. The summed E-state index contributed by atoms with van der Waals surface area (Å²) in [5, 5.41) is 1.64. The van der Waals surface area contributed by atoms with Gasteiger partial charge in [-0.25, -0.2) is 9.59 Å². The molecule has 1 aliphatic heterocycles. The van der Waals surface area contributed by atoms with E-state index in [1.54, 1.807) is 11.4 Å². The van der Waals surface area contributed by atoms with Gasteiger partial charge in [0, 0.05) is 12.5 Å². The molecule has 0 saturated heterocycles. The topological polar surface area (TPSA) is 69.7 Å². The summed E-state index contributed by atoms with van der Waals surface area (Å²) in [5.74, 6) is -2.13. The third kappa shape index (κ3) is 1.63. The number of hydrogen-bond acceptors (Lipinski definition) is 6. The molecule has 0 aromatic carbocycles. The zero-order valence-corrected chi connectivity index (χ0v) is 8.50. The van der Waals surface area contributed by atoms with Crippen LogP contribution in [0.3, 0.4) is 0 Å². The van der Waals surface area contributed by atoms with E-state index in [9.17, 15) is 14.4 Å². The summed E-state index contributed by atoms with van der Waals surface area (Å²) >= 11 is 1.15. The number of rotatable bonds is 1. The van der Waals surface area contributed by atoms with E-state index < -0.39 is 24.0 Å². The molecule has 1 aromatic heterocycles. The average Bonchev–Trinajstić information content (AvgIpc) is 2.60. The molecule has 0 N–H and O–H groups in total. The van der Waals surface area contributed by atoms with Crippen LogP contribution >= 0.6 is 11.3 Å². The summed E-state index contributed by atoms with van der Waals surface area (Å²) in [4.78, 5) is 33.6. The van der Waals surface area contributed by atoms with Crippen LogP contribution in [0, 0.1) is 0 Å². The van der Waals surface area contributed by atoms with Crippen molar-refractivity contribution in [2.24, 2.45) is 0 Å². The van der Waals surface area contributed by atoms with Crippen LogP contribution in [-0.2, 0) is 19.1 Å². The maximum Gasteiger partial charge on any atom is 0.360 e. The second-order valence-corrected chi connectivity index (χ2v) is 3.82. The smallest absolute Gasteiger partial charge is 0.360 e. The lowest BCUT2D eigenvalue weighted by atomic mass is 10.1. The van der Waals surface area contributed by atoms with E-state index in [0.717, 1.165) is 11.3 Å². The van der Waals surface area contributed by atoms with Crippen LogP contribution in [0.5, 0.6) is 0 Å². The lowest BCUT2D eigenvalue weighted by Crippen LogP contribution is -2.29. The number of fused-ring (bicyclic) bond motifs is 1. The Labute approximate surface area is 88.6 Å². The van der Waals surface area contributed by atoms with Gasteiger partial charge in [0.25, 0.3) is 0 Å². The van der Waals surface area contributed by atoms with Crippen LogP contribution in [0.1, 0.15) is 28.3 Å². The van der Waals surface area contributed by atoms with Gasteiger partial charge in [0.05, 0.1) is 0 Å². The molecule has 2 rings (SSSR count). The van der Waals surface area contributed by atoms with Crippen LogP contribution in [0.4, 0.5) is 0 Å². The minimum atomic E-state index is -1.11. The molecule has 6 heteroatoms. The fraction of sp³-hybridized carbons (Fsp3) is 0.222. The maximum atomic E-state index is 11.3. The van der Waals surface area contributed by atoms with Gasteiger partial charge in [-0.2, -0.15) is 0 Å². The minimum Gasteiger partial charge on any atom is -0.445 e. The highest BCUT2D eigenvalue weighted by Gasteiger charge is 2.37.